The number of allylic oxidation sites excluding steroid dienone is 2. The molecule has 0 spiro atoms. The number of nitrogens with zero attached hydrogens (tertiary/aromatic N) is 2. The van der Waals surface area contributed by atoms with Gasteiger partial charge in [-0.15, -0.1) is 0 Å². The summed E-state index contributed by atoms with van der Waals surface area (Å²) in [7, 11) is 1.72. The molecule has 0 radical (unpaired) electrons. The highest BCUT2D eigenvalue weighted by Crippen LogP contribution is 2.30. The van der Waals surface area contributed by atoms with Crippen LogP contribution >= 0.6 is 0 Å². The molecule has 158 valence electrons. The van der Waals surface area contributed by atoms with Crippen LogP contribution in [0.4, 0.5) is 0 Å². The molecular formula is C26H32N2O2. The lowest BCUT2D eigenvalue weighted by Gasteiger charge is -2.32. The third-order valence-electron chi connectivity index (χ3n) is 6.44. The van der Waals surface area contributed by atoms with Gasteiger partial charge < -0.3 is 9.64 Å². The smallest absolute Gasteiger partial charge is 0.223 e. The minimum absolute atomic E-state index is 0.319. The standard InChI is InChI=1S/C26H32N2O2/c1-19-15-21(16-23-9-5-6-10-25(23)30-2)17-24(27-19)22-11-13-28(14-12-22)26(29)18-20-7-3-4-8-20/h3,5-7,9-10,15,17,20,22H,4,8,11-14,16,18H2,1-2H3/t20-/m1/s1. The molecule has 4 nitrogen and oxygen atoms in total. The van der Waals surface area contributed by atoms with Gasteiger partial charge in [0.05, 0.1) is 7.11 Å². The van der Waals surface area contributed by atoms with Crippen LogP contribution < -0.4 is 4.74 Å². The maximum absolute atomic E-state index is 12.6. The molecule has 0 saturated carbocycles. The summed E-state index contributed by atoms with van der Waals surface area (Å²) < 4.78 is 5.52. The van der Waals surface area contributed by atoms with Gasteiger partial charge in [-0.05, 0) is 67.9 Å². The molecule has 4 rings (SSSR count). The van der Waals surface area contributed by atoms with Gasteiger partial charge in [0.15, 0.2) is 0 Å². The lowest BCUT2D eigenvalue weighted by Crippen LogP contribution is -2.38. The molecule has 0 bridgehead atoms. The summed E-state index contributed by atoms with van der Waals surface area (Å²) >= 11 is 0. The van der Waals surface area contributed by atoms with Gasteiger partial charge in [-0.1, -0.05) is 30.4 Å². The topological polar surface area (TPSA) is 42.4 Å². The van der Waals surface area contributed by atoms with E-state index in [1.165, 1.54) is 16.8 Å². The summed E-state index contributed by atoms with van der Waals surface area (Å²) in [5.74, 6) is 2.12. The lowest BCUT2D eigenvalue weighted by molar-refractivity contribution is -0.132. The Balaban J connectivity index is 1.40. The summed E-state index contributed by atoms with van der Waals surface area (Å²) in [6.45, 7) is 3.76. The number of aromatic nitrogens is 1. The number of aryl methyl sites for hydroxylation is 1. The first-order chi connectivity index (χ1) is 14.6. The number of para-hydroxylation sites is 1. The number of hydrogen-bond donors (Lipinski definition) is 0. The third kappa shape index (κ3) is 4.92. The van der Waals surface area contributed by atoms with Crippen LogP contribution in [0.25, 0.3) is 0 Å². The van der Waals surface area contributed by atoms with Crippen LogP contribution in [0.3, 0.4) is 0 Å². The highest BCUT2D eigenvalue weighted by molar-refractivity contribution is 5.76. The number of carbonyl (C=O) groups excluding carboxylic acids is 1. The Morgan fingerprint density at radius 2 is 1.97 bits per heavy atom. The van der Waals surface area contributed by atoms with Crippen molar-refractivity contribution in [3.8, 4) is 5.75 Å². The Morgan fingerprint density at radius 3 is 2.70 bits per heavy atom. The second-order valence-corrected chi connectivity index (χ2v) is 8.66. The predicted molar refractivity (Wildman–Crippen MR) is 120 cm³/mol. The second kappa shape index (κ2) is 9.46. The summed E-state index contributed by atoms with van der Waals surface area (Å²) in [5, 5.41) is 0. The Bertz CT molecular complexity index is 913. The van der Waals surface area contributed by atoms with E-state index in [2.05, 4.69) is 48.2 Å². The maximum atomic E-state index is 12.6. The maximum Gasteiger partial charge on any atom is 0.223 e. The zero-order chi connectivity index (χ0) is 20.9. The van der Waals surface area contributed by atoms with Crippen molar-refractivity contribution < 1.29 is 9.53 Å². The molecule has 1 atom stereocenters. The van der Waals surface area contributed by atoms with Crippen molar-refractivity contribution in [2.75, 3.05) is 20.2 Å². The van der Waals surface area contributed by atoms with Gasteiger partial charge in [0, 0.05) is 43.2 Å². The number of hydrogen-bond acceptors (Lipinski definition) is 3. The summed E-state index contributed by atoms with van der Waals surface area (Å²) in [5.41, 5.74) is 4.70. The average molecular weight is 405 g/mol. The molecule has 30 heavy (non-hydrogen) atoms. The molecule has 4 heteroatoms. The van der Waals surface area contributed by atoms with E-state index < -0.39 is 0 Å². The van der Waals surface area contributed by atoms with E-state index in [4.69, 9.17) is 9.72 Å². The fourth-order valence-corrected chi connectivity index (χ4v) is 4.79. The van der Waals surface area contributed by atoms with Crippen molar-refractivity contribution in [1.29, 1.82) is 0 Å². The number of benzene rings is 1. The third-order valence-corrected chi connectivity index (χ3v) is 6.44. The fraction of sp³-hybridized carbons (Fsp3) is 0.462. The molecule has 1 aliphatic carbocycles. The Morgan fingerprint density at radius 1 is 1.17 bits per heavy atom. The molecule has 2 aliphatic rings. The van der Waals surface area contributed by atoms with Gasteiger partial charge in [-0.2, -0.15) is 0 Å². The Labute approximate surface area is 180 Å². The second-order valence-electron chi connectivity index (χ2n) is 8.66. The predicted octanol–water partition coefficient (Wildman–Crippen LogP) is 5.05. The minimum atomic E-state index is 0.319. The van der Waals surface area contributed by atoms with Crippen LogP contribution in [0.2, 0.25) is 0 Å². The van der Waals surface area contributed by atoms with E-state index >= 15 is 0 Å². The SMILES string of the molecule is COc1ccccc1Cc1cc(C)nc(C2CCN(C(=O)C[C@@H]3C=CCC3)CC2)c1. The molecule has 0 unspecified atom stereocenters. The number of amides is 1. The number of rotatable bonds is 6. The van der Waals surface area contributed by atoms with Gasteiger partial charge >= 0.3 is 0 Å². The van der Waals surface area contributed by atoms with Crippen LogP contribution in [-0.4, -0.2) is 36.0 Å². The van der Waals surface area contributed by atoms with Crippen LogP contribution in [0.15, 0.2) is 48.6 Å². The van der Waals surface area contributed by atoms with Crippen molar-refractivity contribution in [2.24, 2.45) is 5.92 Å². The van der Waals surface area contributed by atoms with Gasteiger partial charge in [-0.25, -0.2) is 0 Å². The Hall–Kier alpha value is -2.62. The van der Waals surface area contributed by atoms with Gasteiger partial charge in [0.25, 0.3) is 0 Å². The molecule has 1 saturated heterocycles. The summed E-state index contributed by atoms with van der Waals surface area (Å²) in [6, 6.07) is 12.6. The molecule has 1 aliphatic heterocycles. The molecule has 1 amide bonds. The Kier molecular flexibility index (Phi) is 6.51. The van der Waals surface area contributed by atoms with E-state index in [0.717, 1.165) is 56.6 Å². The van der Waals surface area contributed by atoms with E-state index in [0.29, 0.717) is 24.2 Å². The van der Waals surface area contributed by atoms with Crippen molar-refractivity contribution >= 4 is 5.91 Å². The largest absolute Gasteiger partial charge is 0.496 e. The number of ether oxygens (including phenoxy) is 1. The molecule has 1 fully saturated rings. The molecular weight excluding hydrogens is 372 g/mol. The van der Waals surface area contributed by atoms with E-state index in [1.54, 1.807) is 7.11 Å². The number of pyridine rings is 1. The quantitative estimate of drug-likeness (QED) is 0.633. The van der Waals surface area contributed by atoms with Crippen LogP contribution in [0.1, 0.15) is 60.5 Å². The summed E-state index contributed by atoms with van der Waals surface area (Å²) in [4.78, 5) is 19.5. The molecule has 1 aromatic carbocycles. The first kappa shape index (κ1) is 20.6. The highest BCUT2D eigenvalue weighted by Gasteiger charge is 2.26. The fourth-order valence-electron chi connectivity index (χ4n) is 4.79. The van der Waals surface area contributed by atoms with Gasteiger partial charge in [0.2, 0.25) is 5.91 Å². The van der Waals surface area contributed by atoms with Gasteiger partial charge in [-0.3, -0.25) is 9.78 Å². The highest BCUT2D eigenvalue weighted by atomic mass is 16.5. The van der Waals surface area contributed by atoms with Gasteiger partial charge in [0.1, 0.15) is 5.75 Å². The number of carbonyl (C=O) groups is 1. The molecule has 2 heterocycles. The van der Waals surface area contributed by atoms with Crippen LogP contribution in [0, 0.1) is 12.8 Å². The van der Waals surface area contributed by atoms with E-state index in [9.17, 15) is 4.79 Å². The lowest BCUT2D eigenvalue weighted by atomic mass is 9.90. The minimum Gasteiger partial charge on any atom is -0.496 e. The van der Waals surface area contributed by atoms with Crippen molar-refractivity contribution in [3.05, 3.63) is 71.1 Å². The zero-order valence-electron chi connectivity index (χ0n) is 18.1. The van der Waals surface area contributed by atoms with Crippen molar-refractivity contribution in [2.45, 2.75) is 51.4 Å². The van der Waals surface area contributed by atoms with Crippen LogP contribution in [0.5, 0.6) is 5.75 Å². The molecule has 2 aromatic rings. The van der Waals surface area contributed by atoms with E-state index in [-0.39, 0.29) is 0 Å². The zero-order valence-corrected chi connectivity index (χ0v) is 18.1. The monoisotopic (exact) mass is 404 g/mol. The number of likely N-dealkylation sites (tertiary alicyclic amines) is 1. The van der Waals surface area contributed by atoms with Crippen molar-refractivity contribution in [3.63, 3.8) is 0 Å². The summed E-state index contributed by atoms with van der Waals surface area (Å²) in [6.07, 6.45) is 10.2. The normalized spacial score (nSPS) is 19.3. The average Bonchev–Trinajstić information content (AvgIpc) is 3.27. The van der Waals surface area contributed by atoms with Crippen molar-refractivity contribution in [1.82, 2.24) is 9.88 Å². The van der Waals surface area contributed by atoms with Crippen LogP contribution in [-0.2, 0) is 11.2 Å². The molecule has 1 aromatic heterocycles. The number of methoxy groups -OCH3 is 1. The number of piperidine rings is 1. The molecule has 0 N–H and O–H groups in total. The first-order valence-corrected chi connectivity index (χ1v) is 11.2. The van der Waals surface area contributed by atoms with E-state index in [1.807, 2.05) is 12.1 Å². The first-order valence-electron chi connectivity index (χ1n) is 11.2.